The normalized spacial score (nSPS) is 10.1. The molecular weight excluding hydrogens is 252 g/mol. The fraction of sp³-hybridized carbons (Fsp3) is 0.200. The number of carboxylic acid groups (broad SMARTS) is 1. The number of nitrogens with zero attached hydrogens (tertiary/aromatic N) is 5. The third-order valence-corrected chi connectivity index (χ3v) is 2.16. The van der Waals surface area contributed by atoms with Gasteiger partial charge >= 0.3 is 5.97 Å². The maximum Gasteiger partial charge on any atom is 0.325 e. The quantitative estimate of drug-likeness (QED) is 0.714. The molecule has 9 nitrogen and oxygen atoms in total. The number of amides is 1. The fourth-order valence-electron chi connectivity index (χ4n) is 1.33. The molecule has 9 heteroatoms. The van der Waals surface area contributed by atoms with Crippen molar-refractivity contribution in [1.29, 1.82) is 0 Å². The van der Waals surface area contributed by atoms with E-state index in [9.17, 15) is 9.59 Å². The molecule has 98 valence electrons. The number of nitrogens with one attached hydrogen (secondary N) is 1. The van der Waals surface area contributed by atoms with Crippen molar-refractivity contribution < 1.29 is 14.7 Å². The Bertz CT molecular complexity index is 582. The molecule has 2 rings (SSSR count). The Balaban J connectivity index is 1.90. The average molecular weight is 262 g/mol. The first-order valence-corrected chi connectivity index (χ1v) is 5.31. The van der Waals surface area contributed by atoms with Crippen molar-refractivity contribution in [3.8, 4) is 0 Å². The standard InChI is InChI=1S/C10H10N6O3/c17-9(18)6-16-5-8(14-15-16)4-11-10(19)7-1-2-12-13-3-7/h1-3,5H,4,6H2,(H,11,19)(H,17,18). The van der Waals surface area contributed by atoms with Gasteiger partial charge in [-0.05, 0) is 6.07 Å². The highest BCUT2D eigenvalue weighted by atomic mass is 16.4. The van der Waals surface area contributed by atoms with Crippen LogP contribution in [0.25, 0.3) is 0 Å². The van der Waals surface area contributed by atoms with Crippen molar-refractivity contribution in [2.75, 3.05) is 0 Å². The van der Waals surface area contributed by atoms with E-state index in [0.29, 0.717) is 11.3 Å². The highest BCUT2D eigenvalue weighted by Crippen LogP contribution is 1.96. The summed E-state index contributed by atoms with van der Waals surface area (Å²) in [5.74, 6) is -1.33. The first-order chi connectivity index (χ1) is 9.15. The molecule has 1 amide bonds. The predicted octanol–water partition coefficient (Wildman–Crippen LogP) is -0.917. The maximum atomic E-state index is 11.7. The van der Waals surface area contributed by atoms with Gasteiger partial charge in [0.1, 0.15) is 12.2 Å². The molecule has 2 aromatic rings. The molecular formula is C10H10N6O3. The molecule has 0 atom stereocenters. The zero-order valence-corrected chi connectivity index (χ0v) is 9.72. The van der Waals surface area contributed by atoms with E-state index in [1.807, 2.05) is 0 Å². The Hall–Kier alpha value is -2.84. The third kappa shape index (κ3) is 3.56. The van der Waals surface area contributed by atoms with E-state index in [1.165, 1.54) is 29.3 Å². The molecule has 0 saturated carbocycles. The monoisotopic (exact) mass is 262 g/mol. The molecule has 0 spiro atoms. The van der Waals surface area contributed by atoms with Gasteiger partial charge in [0.05, 0.1) is 30.7 Å². The molecule has 0 radical (unpaired) electrons. The summed E-state index contributed by atoms with van der Waals surface area (Å²) in [6.45, 7) is -0.115. The van der Waals surface area contributed by atoms with Crippen LogP contribution >= 0.6 is 0 Å². The number of rotatable bonds is 5. The van der Waals surface area contributed by atoms with Crippen LogP contribution in [0.4, 0.5) is 0 Å². The minimum atomic E-state index is -1.01. The van der Waals surface area contributed by atoms with Crippen LogP contribution in [0.15, 0.2) is 24.7 Å². The first-order valence-electron chi connectivity index (χ1n) is 5.31. The zero-order chi connectivity index (χ0) is 13.7. The van der Waals surface area contributed by atoms with Crippen LogP contribution in [0.5, 0.6) is 0 Å². The van der Waals surface area contributed by atoms with Crippen molar-refractivity contribution in [3.63, 3.8) is 0 Å². The molecule has 0 aliphatic carbocycles. The summed E-state index contributed by atoms with van der Waals surface area (Å²) in [6.07, 6.45) is 4.22. The average Bonchev–Trinajstić information content (AvgIpc) is 2.84. The summed E-state index contributed by atoms with van der Waals surface area (Å²) < 4.78 is 1.18. The summed E-state index contributed by atoms with van der Waals surface area (Å²) >= 11 is 0. The van der Waals surface area contributed by atoms with Gasteiger partial charge in [0, 0.05) is 0 Å². The van der Waals surface area contributed by atoms with Crippen LogP contribution in [-0.2, 0) is 17.9 Å². The number of carbonyl (C=O) groups excluding carboxylic acids is 1. The van der Waals surface area contributed by atoms with Gasteiger partial charge in [-0.2, -0.15) is 10.2 Å². The van der Waals surface area contributed by atoms with Crippen molar-refractivity contribution in [2.45, 2.75) is 13.1 Å². The first kappa shape index (κ1) is 12.6. The zero-order valence-electron chi connectivity index (χ0n) is 9.72. The summed E-state index contributed by atoms with van der Waals surface area (Å²) in [4.78, 5) is 22.1. The van der Waals surface area contributed by atoms with Gasteiger partial charge in [0.15, 0.2) is 0 Å². The number of aliphatic carboxylic acids is 1. The van der Waals surface area contributed by atoms with Crippen LogP contribution in [-0.4, -0.2) is 42.2 Å². The number of carboxylic acids is 1. The van der Waals surface area contributed by atoms with Crippen LogP contribution in [0.3, 0.4) is 0 Å². The molecule has 2 heterocycles. The van der Waals surface area contributed by atoms with E-state index in [1.54, 1.807) is 0 Å². The number of carbonyl (C=O) groups is 2. The Morgan fingerprint density at radius 1 is 1.37 bits per heavy atom. The second-order valence-corrected chi connectivity index (χ2v) is 3.61. The lowest BCUT2D eigenvalue weighted by Gasteiger charge is -2.01. The summed E-state index contributed by atoms with van der Waals surface area (Å²) in [7, 11) is 0. The molecule has 0 unspecified atom stereocenters. The van der Waals surface area contributed by atoms with Crippen molar-refractivity contribution >= 4 is 11.9 Å². The smallest absolute Gasteiger partial charge is 0.325 e. The number of hydrogen-bond acceptors (Lipinski definition) is 6. The summed E-state index contributed by atoms with van der Waals surface area (Å²) in [5, 5.41) is 25.7. The largest absolute Gasteiger partial charge is 0.480 e. The number of aromatic nitrogens is 5. The minimum absolute atomic E-state index is 0.154. The van der Waals surface area contributed by atoms with Crippen molar-refractivity contribution in [3.05, 3.63) is 35.9 Å². The predicted molar refractivity (Wildman–Crippen MR) is 60.9 cm³/mol. The maximum absolute atomic E-state index is 11.7. The molecule has 2 aromatic heterocycles. The SMILES string of the molecule is O=C(O)Cn1cc(CNC(=O)c2ccnnc2)nn1. The highest BCUT2D eigenvalue weighted by Gasteiger charge is 2.08. The fourth-order valence-corrected chi connectivity index (χ4v) is 1.33. The molecule has 0 bridgehead atoms. The van der Waals surface area contributed by atoms with E-state index < -0.39 is 5.97 Å². The summed E-state index contributed by atoms with van der Waals surface area (Å²) in [5.41, 5.74) is 0.851. The van der Waals surface area contributed by atoms with Gasteiger partial charge < -0.3 is 10.4 Å². The van der Waals surface area contributed by atoms with Gasteiger partial charge in [-0.1, -0.05) is 5.21 Å². The van der Waals surface area contributed by atoms with E-state index >= 15 is 0 Å². The van der Waals surface area contributed by atoms with Gasteiger partial charge in [0.2, 0.25) is 0 Å². The third-order valence-electron chi connectivity index (χ3n) is 2.16. The lowest BCUT2D eigenvalue weighted by molar-refractivity contribution is -0.137. The Morgan fingerprint density at radius 3 is 2.89 bits per heavy atom. The lowest BCUT2D eigenvalue weighted by atomic mass is 10.3. The highest BCUT2D eigenvalue weighted by molar-refractivity contribution is 5.93. The summed E-state index contributed by atoms with van der Waals surface area (Å²) in [6, 6.07) is 1.53. The van der Waals surface area contributed by atoms with Gasteiger partial charge in [-0.15, -0.1) is 5.10 Å². The molecule has 2 N–H and O–H groups in total. The molecule has 19 heavy (non-hydrogen) atoms. The molecule has 0 saturated heterocycles. The minimum Gasteiger partial charge on any atom is -0.480 e. The number of hydrogen-bond donors (Lipinski definition) is 2. The molecule has 0 aliphatic rings. The van der Waals surface area contributed by atoms with Crippen molar-refractivity contribution in [2.24, 2.45) is 0 Å². The van der Waals surface area contributed by atoms with E-state index in [-0.39, 0.29) is 19.0 Å². The van der Waals surface area contributed by atoms with E-state index in [2.05, 4.69) is 25.8 Å². The Labute approximate surface area is 107 Å². The Kier molecular flexibility index (Phi) is 3.76. The lowest BCUT2D eigenvalue weighted by Crippen LogP contribution is -2.23. The van der Waals surface area contributed by atoms with Gasteiger partial charge in [-0.3, -0.25) is 9.59 Å². The van der Waals surface area contributed by atoms with Crippen LogP contribution < -0.4 is 5.32 Å². The Morgan fingerprint density at radius 2 is 2.21 bits per heavy atom. The van der Waals surface area contributed by atoms with Crippen LogP contribution in [0.2, 0.25) is 0 Å². The van der Waals surface area contributed by atoms with E-state index in [0.717, 1.165) is 0 Å². The van der Waals surface area contributed by atoms with Crippen LogP contribution in [0, 0.1) is 0 Å². The molecule has 0 aliphatic heterocycles. The topological polar surface area (TPSA) is 123 Å². The van der Waals surface area contributed by atoms with Gasteiger partial charge in [0.25, 0.3) is 5.91 Å². The second kappa shape index (κ2) is 5.67. The van der Waals surface area contributed by atoms with Crippen molar-refractivity contribution in [1.82, 2.24) is 30.5 Å². The second-order valence-electron chi connectivity index (χ2n) is 3.61. The van der Waals surface area contributed by atoms with E-state index in [4.69, 9.17) is 5.11 Å². The van der Waals surface area contributed by atoms with Crippen LogP contribution in [0.1, 0.15) is 16.1 Å². The van der Waals surface area contributed by atoms with Gasteiger partial charge in [-0.25, -0.2) is 4.68 Å². The molecule has 0 fully saturated rings. The molecule has 0 aromatic carbocycles.